The maximum absolute atomic E-state index is 12.4. The molecule has 0 aliphatic carbocycles. The van der Waals surface area contributed by atoms with E-state index in [4.69, 9.17) is 17.0 Å². The van der Waals surface area contributed by atoms with Crippen molar-refractivity contribution < 1.29 is 13.2 Å². The van der Waals surface area contributed by atoms with Crippen molar-refractivity contribution in [2.45, 2.75) is 25.3 Å². The van der Waals surface area contributed by atoms with E-state index >= 15 is 0 Å². The van der Waals surface area contributed by atoms with Crippen LogP contribution in [0.3, 0.4) is 0 Å². The van der Waals surface area contributed by atoms with E-state index in [1.165, 1.54) is 18.4 Å². The molecule has 0 fully saturated rings. The molecule has 27 heavy (non-hydrogen) atoms. The minimum atomic E-state index is -3.52. The number of benzene rings is 2. The van der Waals surface area contributed by atoms with Crippen LogP contribution in [-0.2, 0) is 16.6 Å². The Morgan fingerprint density at radius 1 is 1.15 bits per heavy atom. The number of sulfonamides is 1. The van der Waals surface area contributed by atoms with Gasteiger partial charge < -0.3 is 15.4 Å². The van der Waals surface area contributed by atoms with E-state index < -0.39 is 10.0 Å². The van der Waals surface area contributed by atoms with Crippen molar-refractivity contribution >= 4 is 33.0 Å². The van der Waals surface area contributed by atoms with Crippen molar-refractivity contribution in [3.05, 3.63) is 53.1 Å². The molecule has 8 heteroatoms. The Kier molecular flexibility index (Phi) is 6.80. The molecule has 0 aromatic heterocycles. The maximum atomic E-state index is 12.4. The molecule has 2 N–H and O–H groups in total. The van der Waals surface area contributed by atoms with Crippen LogP contribution in [0.25, 0.3) is 0 Å². The first-order chi connectivity index (χ1) is 12.6. The molecule has 0 radical (unpaired) electrons. The van der Waals surface area contributed by atoms with E-state index in [0.29, 0.717) is 17.3 Å². The van der Waals surface area contributed by atoms with Gasteiger partial charge in [-0.15, -0.1) is 0 Å². The Labute approximate surface area is 166 Å². The van der Waals surface area contributed by atoms with Gasteiger partial charge in [0.15, 0.2) is 5.11 Å². The number of hydrogen-bond acceptors (Lipinski definition) is 4. The first-order valence-corrected chi connectivity index (χ1v) is 10.2. The summed E-state index contributed by atoms with van der Waals surface area (Å²) >= 11 is 5.37. The number of ether oxygens (including phenoxy) is 1. The van der Waals surface area contributed by atoms with Gasteiger partial charge in [-0.3, -0.25) is 0 Å². The zero-order valence-corrected chi connectivity index (χ0v) is 17.8. The van der Waals surface area contributed by atoms with Gasteiger partial charge in [-0.25, -0.2) is 12.7 Å². The van der Waals surface area contributed by atoms with Gasteiger partial charge in [-0.2, -0.15) is 0 Å². The lowest BCUT2D eigenvalue weighted by molar-refractivity contribution is 0.414. The summed E-state index contributed by atoms with van der Waals surface area (Å²) < 4.78 is 31.2. The minimum Gasteiger partial charge on any atom is -0.497 e. The van der Waals surface area contributed by atoms with E-state index in [0.717, 1.165) is 22.4 Å². The van der Waals surface area contributed by atoms with Gasteiger partial charge in [0.25, 0.3) is 0 Å². The number of nitrogens with one attached hydrogen (secondary N) is 2. The molecule has 0 saturated heterocycles. The molecule has 0 spiro atoms. The van der Waals surface area contributed by atoms with Crippen LogP contribution in [0.15, 0.2) is 41.3 Å². The lowest BCUT2D eigenvalue weighted by Gasteiger charge is -2.18. The highest BCUT2D eigenvalue weighted by molar-refractivity contribution is 7.89. The first kappa shape index (κ1) is 21.1. The Morgan fingerprint density at radius 3 is 2.33 bits per heavy atom. The Morgan fingerprint density at radius 2 is 1.78 bits per heavy atom. The second-order valence-electron chi connectivity index (χ2n) is 6.36. The number of thiocarbonyl (C=S) groups is 1. The lowest BCUT2D eigenvalue weighted by atomic mass is 10.1. The van der Waals surface area contributed by atoms with Crippen LogP contribution in [0, 0.1) is 13.8 Å². The Hall–Kier alpha value is -2.16. The van der Waals surface area contributed by atoms with Crippen LogP contribution in [-0.4, -0.2) is 39.0 Å². The highest BCUT2D eigenvalue weighted by Gasteiger charge is 2.19. The standard InChI is InChI=1S/C19H25N3O3S2/c1-13-10-17(27(23,24)22(3)4)11-18(14(13)2)21-19(26)20-12-15-6-8-16(25-5)9-7-15/h6-11H,12H2,1-5H3,(H2,20,21,26). The monoisotopic (exact) mass is 407 g/mol. The van der Waals surface area contributed by atoms with E-state index in [1.807, 2.05) is 38.1 Å². The normalized spacial score (nSPS) is 11.3. The van der Waals surface area contributed by atoms with Crippen molar-refractivity contribution in [3.63, 3.8) is 0 Å². The minimum absolute atomic E-state index is 0.232. The Balaban J connectivity index is 2.13. The molecule has 2 aromatic rings. The predicted molar refractivity (Wildman–Crippen MR) is 113 cm³/mol. The van der Waals surface area contributed by atoms with Crippen molar-refractivity contribution in [3.8, 4) is 5.75 Å². The van der Waals surface area contributed by atoms with Crippen LogP contribution >= 0.6 is 12.2 Å². The first-order valence-electron chi connectivity index (χ1n) is 8.36. The molecular formula is C19H25N3O3S2. The van der Waals surface area contributed by atoms with E-state index in [2.05, 4.69) is 10.6 Å². The summed E-state index contributed by atoms with van der Waals surface area (Å²) in [5.74, 6) is 0.796. The summed E-state index contributed by atoms with van der Waals surface area (Å²) in [6.07, 6.45) is 0. The molecule has 0 heterocycles. The fourth-order valence-electron chi connectivity index (χ4n) is 2.41. The molecule has 0 bridgehead atoms. The molecule has 6 nitrogen and oxygen atoms in total. The fourth-order valence-corrected chi connectivity index (χ4v) is 3.60. The number of rotatable bonds is 6. The number of methoxy groups -OCH3 is 1. The zero-order chi connectivity index (χ0) is 20.2. The number of hydrogen-bond donors (Lipinski definition) is 2. The Bertz CT molecular complexity index is 924. The molecule has 0 atom stereocenters. The molecule has 0 amide bonds. The van der Waals surface area contributed by atoms with Crippen LogP contribution in [0.2, 0.25) is 0 Å². The number of aryl methyl sites for hydroxylation is 1. The zero-order valence-electron chi connectivity index (χ0n) is 16.2. The molecular weight excluding hydrogens is 382 g/mol. The van der Waals surface area contributed by atoms with Crippen molar-refractivity contribution in [2.75, 3.05) is 26.5 Å². The quantitative estimate of drug-likeness (QED) is 0.718. The van der Waals surface area contributed by atoms with Crippen LogP contribution in [0.4, 0.5) is 5.69 Å². The summed E-state index contributed by atoms with van der Waals surface area (Å²) in [6.45, 7) is 4.35. The third-order valence-electron chi connectivity index (χ3n) is 4.28. The van der Waals surface area contributed by atoms with Gasteiger partial charge in [0, 0.05) is 26.3 Å². The van der Waals surface area contributed by atoms with Gasteiger partial charge in [-0.05, 0) is 67.0 Å². The molecule has 0 saturated carbocycles. The molecule has 0 unspecified atom stereocenters. The fraction of sp³-hybridized carbons (Fsp3) is 0.316. The largest absolute Gasteiger partial charge is 0.497 e. The smallest absolute Gasteiger partial charge is 0.242 e. The van der Waals surface area contributed by atoms with Crippen molar-refractivity contribution in [1.82, 2.24) is 9.62 Å². The van der Waals surface area contributed by atoms with Crippen LogP contribution in [0.5, 0.6) is 5.75 Å². The van der Waals surface area contributed by atoms with E-state index in [1.54, 1.807) is 19.2 Å². The van der Waals surface area contributed by atoms with Crippen molar-refractivity contribution in [1.29, 1.82) is 0 Å². The molecule has 0 aliphatic rings. The molecule has 2 rings (SSSR count). The third-order valence-corrected chi connectivity index (χ3v) is 6.32. The SMILES string of the molecule is COc1ccc(CNC(=S)Nc2cc(S(=O)(=O)N(C)C)cc(C)c2C)cc1. The highest BCUT2D eigenvalue weighted by atomic mass is 32.2. The summed E-state index contributed by atoms with van der Waals surface area (Å²) in [6, 6.07) is 11.0. The summed E-state index contributed by atoms with van der Waals surface area (Å²) in [5, 5.41) is 6.66. The summed E-state index contributed by atoms with van der Waals surface area (Å²) in [5.41, 5.74) is 3.54. The van der Waals surface area contributed by atoms with E-state index in [9.17, 15) is 8.42 Å². The topological polar surface area (TPSA) is 70.7 Å². The van der Waals surface area contributed by atoms with E-state index in [-0.39, 0.29) is 4.90 Å². The second-order valence-corrected chi connectivity index (χ2v) is 8.92. The van der Waals surface area contributed by atoms with Gasteiger partial charge in [-0.1, -0.05) is 12.1 Å². The van der Waals surface area contributed by atoms with Gasteiger partial charge in [0.2, 0.25) is 10.0 Å². The maximum Gasteiger partial charge on any atom is 0.242 e. The lowest BCUT2D eigenvalue weighted by Crippen LogP contribution is -2.28. The highest BCUT2D eigenvalue weighted by Crippen LogP contribution is 2.25. The van der Waals surface area contributed by atoms with Gasteiger partial charge >= 0.3 is 0 Å². The molecule has 0 aliphatic heterocycles. The van der Waals surface area contributed by atoms with Crippen LogP contribution in [0.1, 0.15) is 16.7 Å². The van der Waals surface area contributed by atoms with Gasteiger partial charge in [0.05, 0.1) is 12.0 Å². The number of nitrogens with zero attached hydrogens (tertiary/aromatic N) is 1. The second kappa shape index (κ2) is 8.69. The summed E-state index contributed by atoms with van der Waals surface area (Å²) in [4.78, 5) is 0.232. The average Bonchev–Trinajstić information content (AvgIpc) is 2.63. The third kappa shape index (κ3) is 5.18. The number of anilines is 1. The van der Waals surface area contributed by atoms with Crippen molar-refractivity contribution in [2.24, 2.45) is 0 Å². The molecule has 2 aromatic carbocycles. The van der Waals surface area contributed by atoms with Crippen LogP contribution < -0.4 is 15.4 Å². The summed E-state index contributed by atoms with van der Waals surface area (Å²) in [7, 11) is 1.13. The van der Waals surface area contributed by atoms with Gasteiger partial charge in [0.1, 0.15) is 5.75 Å². The predicted octanol–water partition coefficient (Wildman–Crippen LogP) is 3.05. The average molecular weight is 408 g/mol. The molecule has 146 valence electrons.